The van der Waals surface area contributed by atoms with Crippen LogP contribution in [0.1, 0.15) is 18.4 Å². The average molecular weight is 304 g/mol. The lowest BCUT2D eigenvalue weighted by atomic mass is 10.0. The SMILES string of the molecule is O=S(Cc1cnn(-c2ccccc2)c1)CC1CCOCC1. The first-order chi connectivity index (χ1) is 10.3. The Labute approximate surface area is 127 Å². The summed E-state index contributed by atoms with van der Waals surface area (Å²) in [5, 5.41) is 4.35. The maximum atomic E-state index is 12.3. The molecule has 1 atom stereocenters. The molecule has 1 aliphatic heterocycles. The van der Waals surface area contributed by atoms with Crippen molar-refractivity contribution in [2.75, 3.05) is 19.0 Å². The Bertz CT molecular complexity index is 591. The number of ether oxygens (including phenoxy) is 1. The predicted molar refractivity (Wildman–Crippen MR) is 83.8 cm³/mol. The lowest BCUT2D eigenvalue weighted by Gasteiger charge is -2.21. The molecule has 1 aromatic carbocycles. The minimum atomic E-state index is -0.820. The van der Waals surface area contributed by atoms with Gasteiger partial charge in [-0.15, -0.1) is 0 Å². The van der Waals surface area contributed by atoms with E-state index in [9.17, 15) is 4.21 Å². The number of hydrogen-bond acceptors (Lipinski definition) is 3. The monoisotopic (exact) mass is 304 g/mol. The topological polar surface area (TPSA) is 44.1 Å². The zero-order valence-electron chi connectivity index (χ0n) is 12.0. The van der Waals surface area contributed by atoms with Crippen LogP contribution in [0.15, 0.2) is 42.7 Å². The Morgan fingerprint density at radius 3 is 2.76 bits per heavy atom. The number of nitrogens with zero attached hydrogens (tertiary/aromatic N) is 2. The minimum Gasteiger partial charge on any atom is -0.381 e. The number of para-hydroxylation sites is 1. The Hall–Kier alpha value is -1.46. The molecule has 0 aliphatic carbocycles. The van der Waals surface area contributed by atoms with E-state index in [0.717, 1.165) is 43.1 Å². The summed E-state index contributed by atoms with van der Waals surface area (Å²) in [6, 6.07) is 9.97. The highest BCUT2D eigenvalue weighted by Crippen LogP contribution is 2.17. The average Bonchev–Trinajstić information content (AvgIpc) is 2.97. The van der Waals surface area contributed by atoms with Gasteiger partial charge in [-0.25, -0.2) is 4.68 Å². The van der Waals surface area contributed by atoms with E-state index in [-0.39, 0.29) is 0 Å². The Morgan fingerprint density at radius 1 is 1.24 bits per heavy atom. The normalized spacial score (nSPS) is 17.7. The predicted octanol–water partition coefficient (Wildman–Crippen LogP) is 2.55. The second-order valence-electron chi connectivity index (χ2n) is 5.44. The second-order valence-corrected chi connectivity index (χ2v) is 6.94. The molecule has 0 spiro atoms. The first-order valence-electron chi connectivity index (χ1n) is 7.33. The van der Waals surface area contributed by atoms with Crippen molar-refractivity contribution in [3.05, 3.63) is 48.3 Å². The van der Waals surface area contributed by atoms with Gasteiger partial charge in [0.05, 0.1) is 17.6 Å². The molecule has 2 heterocycles. The van der Waals surface area contributed by atoms with Gasteiger partial charge in [-0.05, 0) is 30.9 Å². The zero-order chi connectivity index (χ0) is 14.5. The van der Waals surface area contributed by atoms with Crippen molar-refractivity contribution in [1.29, 1.82) is 0 Å². The van der Waals surface area contributed by atoms with Crippen LogP contribution in [0.2, 0.25) is 0 Å². The maximum absolute atomic E-state index is 12.3. The first-order valence-corrected chi connectivity index (χ1v) is 8.82. The third-order valence-corrected chi connectivity index (χ3v) is 5.25. The number of rotatable bonds is 5. The van der Waals surface area contributed by atoms with Gasteiger partial charge in [0.1, 0.15) is 0 Å². The number of benzene rings is 1. The van der Waals surface area contributed by atoms with Crippen molar-refractivity contribution in [2.24, 2.45) is 5.92 Å². The lowest BCUT2D eigenvalue weighted by molar-refractivity contribution is 0.0725. The molecule has 1 saturated heterocycles. The van der Waals surface area contributed by atoms with Gasteiger partial charge in [0.2, 0.25) is 0 Å². The molecule has 1 fully saturated rings. The summed E-state index contributed by atoms with van der Waals surface area (Å²) in [6.45, 7) is 1.63. The molecule has 0 amide bonds. The summed E-state index contributed by atoms with van der Waals surface area (Å²) in [4.78, 5) is 0. The second kappa shape index (κ2) is 7.00. The standard InChI is InChI=1S/C16H20N2O2S/c19-21(12-14-6-8-20-9-7-14)13-15-10-17-18(11-15)16-4-2-1-3-5-16/h1-5,10-11,14H,6-9,12-13H2. The molecule has 1 unspecified atom stereocenters. The van der Waals surface area contributed by atoms with E-state index in [1.54, 1.807) is 0 Å². The third-order valence-electron chi connectivity index (χ3n) is 3.75. The summed E-state index contributed by atoms with van der Waals surface area (Å²) in [5.41, 5.74) is 2.06. The summed E-state index contributed by atoms with van der Waals surface area (Å²) in [7, 11) is -0.820. The van der Waals surface area contributed by atoms with Gasteiger partial charge >= 0.3 is 0 Å². The van der Waals surface area contributed by atoms with E-state index in [1.165, 1.54) is 0 Å². The fourth-order valence-corrected chi connectivity index (χ4v) is 4.08. The fourth-order valence-electron chi connectivity index (χ4n) is 2.58. The lowest BCUT2D eigenvalue weighted by Crippen LogP contribution is -2.21. The Morgan fingerprint density at radius 2 is 2.00 bits per heavy atom. The van der Waals surface area contributed by atoms with Gasteiger partial charge in [0, 0.05) is 41.5 Å². The number of aromatic nitrogens is 2. The Kier molecular flexibility index (Phi) is 4.83. The molecular formula is C16H20N2O2S. The van der Waals surface area contributed by atoms with Crippen LogP contribution in [0.5, 0.6) is 0 Å². The zero-order valence-corrected chi connectivity index (χ0v) is 12.8. The van der Waals surface area contributed by atoms with Gasteiger partial charge in [-0.1, -0.05) is 18.2 Å². The van der Waals surface area contributed by atoms with Gasteiger partial charge in [0.15, 0.2) is 0 Å². The summed E-state index contributed by atoms with van der Waals surface area (Å²) in [5.74, 6) is 1.91. The molecule has 112 valence electrons. The molecule has 0 bridgehead atoms. The maximum Gasteiger partial charge on any atom is 0.0645 e. The smallest absolute Gasteiger partial charge is 0.0645 e. The third kappa shape index (κ3) is 4.02. The molecule has 0 radical (unpaired) electrons. The van der Waals surface area contributed by atoms with Crippen LogP contribution in [-0.4, -0.2) is 33.0 Å². The van der Waals surface area contributed by atoms with Crippen LogP contribution in [-0.2, 0) is 21.3 Å². The molecule has 21 heavy (non-hydrogen) atoms. The van der Waals surface area contributed by atoms with Crippen molar-refractivity contribution in [3.63, 3.8) is 0 Å². The number of hydrogen-bond donors (Lipinski definition) is 0. The highest BCUT2D eigenvalue weighted by atomic mass is 32.2. The van der Waals surface area contributed by atoms with Crippen molar-refractivity contribution in [3.8, 4) is 5.69 Å². The van der Waals surface area contributed by atoms with Gasteiger partial charge in [0.25, 0.3) is 0 Å². The van der Waals surface area contributed by atoms with Gasteiger partial charge < -0.3 is 4.74 Å². The van der Waals surface area contributed by atoms with Crippen molar-refractivity contribution in [2.45, 2.75) is 18.6 Å². The van der Waals surface area contributed by atoms with E-state index in [4.69, 9.17) is 4.74 Å². The van der Waals surface area contributed by atoms with E-state index >= 15 is 0 Å². The van der Waals surface area contributed by atoms with Gasteiger partial charge in [-0.3, -0.25) is 4.21 Å². The van der Waals surface area contributed by atoms with Crippen LogP contribution in [0, 0.1) is 5.92 Å². The summed E-state index contributed by atoms with van der Waals surface area (Å²) in [6.07, 6.45) is 5.86. The quantitative estimate of drug-likeness (QED) is 0.852. The van der Waals surface area contributed by atoms with E-state index in [1.807, 2.05) is 47.4 Å². The molecule has 1 aromatic heterocycles. The minimum absolute atomic E-state index is 0.545. The van der Waals surface area contributed by atoms with Gasteiger partial charge in [-0.2, -0.15) is 5.10 Å². The molecule has 5 heteroatoms. The van der Waals surface area contributed by atoms with E-state index < -0.39 is 10.8 Å². The van der Waals surface area contributed by atoms with Crippen LogP contribution in [0.4, 0.5) is 0 Å². The van der Waals surface area contributed by atoms with E-state index in [0.29, 0.717) is 11.7 Å². The largest absolute Gasteiger partial charge is 0.381 e. The fraction of sp³-hybridized carbons (Fsp3) is 0.438. The highest BCUT2D eigenvalue weighted by Gasteiger charge is 2.17. The van der Waals surface area contributed by atoms with Crippen LogP contribution < -0.4 is 0 Å². The van der Waals surface area contributed by atoms with Crippen molar-refractivity contribution < 1.29 is 8.95 Å². The molecule has 0 saturated carbocycles. The molecule has 2 aromatic rings. The van der Waals surface area contributed by atoms with Crippen molar-refractivity contribution in [1.82, 2.24) is 9.78 Å². The summed E-state index contributed by atoms with van der Waals surface area (Å²) >= 11 is 0. The van der Waals surface area contributed by atoms with Crippen LogP contribution in [0.25, 0.3) is 5.69 Å². The molecule has 1 aliphatic rings. The van der Waals surface area contributed by atoms with Crippen LogP contribution >= 0.6 is 0 Å². The first kappa shape index (κ1) is 14.5. The molecular weight excluding hydrogens is 284 g/mol. The molecule has 3 rings (SSSR count). The molecule has 0 N–H and O–H groups in total. The van der Waals surface area contributed by atoms with Crippen LogP contribution in [0.3, 0.4) is 0 Å². The van der Waals surface area contributed by atoms with E-state index in [2.05, 4.69) is 5.10 Å². The Balaban J connectivity index is 1.58. The summed E-state index contributed by atoms with van der Waals surface area (Å²) < 4.78 is 19.4. The molecule has 4 nitrogen and oxygen atoms in total. The van der Waals surface area contributed by atoms with Crippen molar-refractivity contribution >= 4 is 10.8 Å². The highest BCUT2D eigenvalue weighted by molar-refractivity contribution is 7.84.